The van der Waals surface area contributed by atoms with Gasteiger partial charge < -0.3 is 15.0 Å². The SMILES string of the molecule is C=CS(=O)(=O)Nc1cccc2[nH]nc(C(=O)Nc3ccc(N4CCOCC4)cc3)c12. The van der Waals surface area contributed by atoms with E-state index < -0.39 is 15.9 Å². The van der Waals surface area contributed by atoms with Crippen molar-refractivity contribution < 1.29 is 17.9 Å². The lowest BCUT2D eigenvalue weighted by molar-refractivity contribution is 0.102. The van der Waals surface area contributed by atoms with E-state index in [2.05, 4.69) is 31.7 Å². The Morgan fingerprint density at radius 1 is 1.17 bits per heavy atom. The summed E-state index contributed by atoms with van der Waals surface area (Å²) in [5.41, 5.74) is 2.53. The Kier molecular flexibility index (Phi) is 5.42. The first-order valence-corrected chi connectivity index (χ1v) is 10.9. The number of aromatic amines is 1. The molecule has 0 bridgehead atoms. The van der Waals surface area contributed by atoms with E-state index in [9.17, 15) is 13.2 Å². The van der Waals surface area contributed by atoms with Crippen LogP contribution in [0.5, 0.6) is 0 Å². The molecule has 1 aliphatic rings. The van der Waals surface area contributed by atoms with Crippen molar-refractivity contribution in [1.29, 1.82) is 0 Å². The largest absolute Gasteiger partial charge is 0.378 e. The van der Waals surface area contributed by atoms with Crippen LogP contribution in [0.2, 0.25) is 0 Å². The van der Waals surface area contributed by atoms with E-state index in [0.717, 1.165) is 24.2 Å². The van der Waals surface area contributed by atoms with E-state index in [1.807, 2.05) is 24.3 Å². The number of carbonyl (C=O) groups is 1. The summed E-state index contributed by atoms with van der Waals surface area (Å²) in [6.07, 6.45) is 0. The lowest BCUT2D eigenvalue weighted by Crippen LogP contribution is -2.36. The molecule has 2 aromatic carbocycles. The molecule has 0 aliphatic carbocycles. The van der Waals surface area contributed by atoms with Crippen LogP contribution in [-0.4, -0.2) is 50.8 Å². The maximum Gasteiger partial charge on any atom is 0.276 e. The highest BCUT2D eigenvalue weighted by atomic mass is 32.2. The number of fused-ring (bicyclic) bond motifs is 1. The topological polar surface area (TPSA) is 116 Å². The third kappa shape index (κ3) is 4.14. The number of rotatable bonds is 6. The Morgan fingerprint density at radius 2 is 1.90 bits per heavy atom. The Hall–Kier alpha value is -3.37. The fourth-order valence-electron chi connectivity index (χ4n) is 3.28. The second-order valence-corrected chi connectivity index (χ2v) is 8.34. The number of benzene rings is 2. The molecule has 2 heterocycles. The highest BCUT2D eigenvalue weighted by molar-refractivity contribution is 7.95. The average molecular weight is 427 g/mol. The summed E-state index contributed by atoms with van der Waals surface area (Å²) < 4.78 is 31.6. The zero-order valence-corrected chi connectivity index (χ0v) is 16.9. The minimum Gasteiger partial charge on any atom is -0.378 e. The summed E-state index contributed by atoms with van der Waals surface area (Å²) in [6, 6.07) is 12.4. The molecular formula is C20H21N5O4S. The first-order chi connectivity index (χ1) is 14.5. The molecule has 1 aromatic heterocycles. The fraction of sp³-hybridized carbons (Fsp3) is 0.200. The quantitative estimate of drug-likeness (QED) is 0.557. The lowest BCUT2D eigenvalue weighted by Gasteiger charge is -2.28. The van der Waals surface area contributed by atoms with E-state index in [0.29, 0.717) is 29.8 Å². The van der Waals surface area contributed by atoms with E-state index in [1.54, 1.807) is 18.2 Å². The van der Waals surface area contributed by atoms with Gasteiger partial charge in [0, 0.05) is 29.9 Å². The van der Waals surface area contributed by atoms with Crippen molar-refractivity contribution in [3.8, 4) is 0 Å². The van der Waals surface area contributed by atoms with Gasteiger partial charge >= 0.3 is 0 Å². The highest BCUT2D eigenvalue weighted by Crippen LogP contribution is 2.27. The van der Waals surface area contributed by atoms with Gasteiger partial charge in [0.05, 0.1) is 29.8 Å². The molecule has 30 heavy (non-hydrogen) atoms. The summed E-state index contributed by atoms with van der Waals surface area (Å²) in [5.74, 6) is -0.453. The fourth-order valence-corrected chi connectivity index (χ4v) is 3.84. The van der Waals surface area contributed by atoms with Gasteiger partial charge in [-0.15, -0.1) is 0 Å². The van der Waals surface area contributed by atoms with Crippen LogP contribution in [0, 0.1) is 0 Å². The maximum absolute atomic E-state index is 12.8. The van der Waals surface area contributed by atoms with Crippen LogP contribution in [0.1, 0.15) is 10.5 Å². The smallest absolute Gasteiger partial charge is 0.276 e. The van der Waals surface area contributed by atoms with Crippen molar-refractivity contribution >= 4 is 43.9 Å². The van der Waals surface area contributed by atoms with Crippen LogP contribution in [-0.2, 0) is 14.8 Å². The molecule has 3 aromatic rings. The predicted molar refractivity (Wildman–Crippen MR) is 116 cm³/mol. The van der Waals surface area contributed by atoms with Crippen molar-refractivity contribution in [2.45, 2.75) is 0 Å². The number of nitrogens with zero attached hydrogens (tertiary/aromatic N) is 2. The number of ether oxygens (including phenoxy) is 1. The van der Waals surface area contributed by atoms with Gasteiger partial charge in [0.2, 0.25) is 0 Å². The molecule has 0 spiro atoms. The monoisotopic (exact) mass is 427 g/mol. The molecule has 4 rings (SSSR count). The molecule has 10 heteroatoms. The number of nitrogens with one attached hydrogen (secondary N) is 3. The standard InChI is InChI=1S/C20H21N5O4S/c1-2-30(27,28)24-17-5-3-4-16-18(17)19(23-22-16)20(26)21-14-6-8-15(9-7-14)25-10-12-29-13-11-25/h2-9,24H,1,10-13H2,(H,21,26)(H,22,23). The Balaban J connectivity index is 1.57. The number of H-pyrrole nitrogens is 1. The number of amides is 1. The molecular weight excluding hydrogens is 406 g/mol. The molecule has 9 nitrogen and oxygen atoms in total. The van der Waals surface area contributed by atoms with E-state index in [-0.39, 0.29) is 11.4 Å². The van der Waals surface area contributed by atoms with E-state index in [1.165, 1.54) is 0 Å². The summed E-state index contributed by atoms with van der Waals surface area (Å²) >= 11 is 0. The number of sulfonamides is 1. The second kappa shape index (κ2) is 8.17. The van der Waals surface area contributed by atoms with Crippen molar-refractivity contribution in [3.63, 3.8) is 0 Å². The number of hydrogen-bond acceptors (Lipinski definition) is 6. The average Bonchev–Trinajstić information content (AvgIpc) is 3.20. The van der Waals surface area contributed by atoms with E-state index >= 15 is 0 Å². The zero-order chi connectivity index (χ0) is 21.1. The third-order valence-corrected chi connectivity index (χ3v) is 5.72. The summed E-state index contributed by atoms with van der Waals surface area (Å²) in [5, 5.41) is 10.8. The molecule has 1 aliphatic heterocycles. The minimum absolute atomic E-state index is 0.0876. The normalized spacial score (nSPS) is 14.5. The van der Waals surface area contributed by atoms with Crippen LogP contribution in [0.25, 0.3) is 10.9 Å². The van der Waals surface area contributed by atoms with Gasteiger partial charge in [-0.1, -0.05) is 12.6 Å². The highest BCUT2D eigenvalue weighted by Gasteiger charge is 2.19. The van der Waals surface area contributed by atoms with E-state index in [4.69, 9.17) is 4.74 Å². The molecule has 156 valence electrons. The summed E-state index contributed by atoms with van der Waals surface area (Å²) in [7, 11) is -3.73. The van der Waals surface area contributed by atoms with Gasteiger partial charge in [-0.3, -0.25) is 14.6 Å². The number of anilines is 3. The number of hydrogen-bond donors (Lipinski definition) is 3. The van der Waals surface area contributed by atoms with Crippen molar-refractivity contribution in [2.24, 2.45) is 0 Å². The first kappa shape index (κ1) is 19.9. The van der Waals surface area contributed by atoms with Gasteiger partial charge in [0.15, 0.2) is 5.69 Å². The molecule has 0 radical (unpaired) electrons. The lowest BCUT2D eigenvalue weighted by atomic mass is 10.1. The molecule has 1 fully saturated rings. The first-order valence-electron chi connectivity index (χ1n) is 9.33. The Labute approximate surface area is 173 Å². The third-order valence-electron chi connectivity index (χ3n) is 4.78. The number of aromatic nitrogens is 2. The Morgan fingerprint density at radius 3 is 2.60 bits per heavy atom. The van der Waals surface area contributed by atoms with Gasteiger partial charge in [-0.25, -0.2) is 8.42 Å². The molecule has 0 unspecified atom stereocenters. The van der Waals surface area contributed by atoms with Gasteiger partial charge in [-0.05, 0) is 36.4 Å². The molecule has 1 saturated heterocycles. The van der Waals surface area contributed by atoms with Crippen molar-refractivity contribution in [1.82, 2.24) is 10.2 Å². The Bertz CT molecular complexity index is 1180. The molecule has 1 amide bonds. The summed E-state index contributed by atoms with van der Waals surface area (Å²) in [4.78, 5) is 15.1. The number of carbonyl (C=O) groups excluding carboxylic acids is 1. The van der Waals surface area contributed by atoms with Crippen LogP contribution in [0.4, 0.5) is 17.1 Å². The molecule has 0 saturated carbocycles. The number of morpholine rings is 1. The van der Waals surface area contributed by atoms with Crippen LogP contribution in [0.3, 0.4) is 0 Å². The van der Waals surface area contributed by atoms with Gasteiger partial charge in [0.1, 0.15) is 0 Å². The van der Waals surface area contributed by atoms with Crippen LogP contribution >= 0.6 is 0 Å². The minimum atomic E-state index is -3.73. The predicted octanol–water partition coefficient (Wildman–Crippen LogP) is 2.54. The zero-order valence-electron chi connectivity index (χ0n) is 16.1. The van der Waals surface area contributed by atoms with Gasteiger partial charge in [0.25, 0.3) is 15.9 Å². The summed E-state index contributed by atoms with van der Waals surface area (Å²) in [6.45, 7) is 6.34. The maximum atomic E-state index is 12.8. The van der Waals surface area contributed by atoms with Gasteiger partial charge in [-0.2, -0.15) is 5.10 Å². The second-order valence-electron chi connectivity index (χ2n) is 6.71. The van der Waals surface area contributed by atoms with Crippen LogP contribution in [0.15, 0.2) is 54.5 Å². The van der Waals surface area contributed by atoms with Crippen LogP contribution < -0.4 is 14.9 Å². The van der Waals surface area contributed by atoms with Crippen molar-refractivity contribution in [3.05, 3.63) is 60.1 Å². The molecule has 0 atom stereocenters. The van der Waals surface area contributed by atoms with Crippen molar-refractivity contribution in [2.75, 3.05) is 41.2 Å². The molecule has 3 N–H and O–H groups in total.